The molecular weight excluding hydrogens is 392 g/mol. The van der Waals surface area contributed by atoms with Gasteiger partial charge in [0.05, 0.1) is 11.1 Å². The van der Waals surface area contributed by atoms with Gasteiger partial charge in [0.1, 0.15) is 12.7 Å². The third-order valence-corrected chi connectivity index (χ3v) is 7.50. The molecule has 6 rings (SSSR count). The van der Waals surface area contributed by atoms with E-state index >= 15 is 0 Å². The van der Waals surface area contributed by atoms with Gasteiger partial charge in [0.25, 0.3) is 0 Å². The molecule has 1 fully saturated rings. The van der Waals surface area contributed by atoms with E-state index in [0.717, 1.165) is 51.1 Å². The summed E-state index contributed by atoms with van der Waals surface area (Å²) in [6, 6.07) is 14.0. The Kier molecular flexibility index (Phi) is 4.47. The SMILES string of the molecule is O=C1N2CCCc3cccc(c32)C12CCN(CC(O)C1COc3ccccc3O1)CC2. The predicted octanol–water partition coefficient (Wildman–Crippen LogP) is 2.51. The van der Waals surface area contributed by atoms with Gasteiger partial charge >= 0.3 is 0 Å². The second kappa shape index (κ2) is 7.24. The number of aliphatic hydroxyl groups is 1. The molecule has 4 aliphatic heterocycles. The van der Waals surface area contributed by atoms with E-state index < -0.39 is 6.10 Å². The molecule has 0 radical (unpaired) electrons. The lowest BCUT2D eigenvalue weighted by atomic mass is 9.73. The van der Waals surface area contributed by atoms with Crippen LogP contribution in [-0.2, 0) is 16.6 Å². The molecule has 6 nitrogen and oxygen atoms in total. The van der Waals surface area contributed by atoms with Crippen molar-refractivity contribution < 1.29 is 19.4 Å². The van der Waals surface area contributed by atoms with E-state index in [1.165, 1.54) is 16.8 Å². The molecule has 31 heavy (non-hydrogen) atoms. The first kappa shape index (κ1) is 19.1. The van der Waals surface area contributed by atoms with Crippen molar-refractivity contribution in [1.29, 1.82) is 0 Å². The lowest BCUT2D eigenvalue weighted by molar-refractivity contribution is -0.125. The number of benzene rings is 2. The quantitative estimate of drug-likeness (QED) is 0.827. The van der Waals surface area contributed by atoms with E-state index in [-0.39, 0.29) is 17.4 Å². The van der Waals surface area contributed by atoms with E-state index in [1.54, 1.807) is 0 Å². The number of piperidine rings is 1. The summed E-state index contributed by atoms with van der Waals surface area (Å²) in [6.45, 7) is 3.30. The van der Waals surface area contributed by atoms with Gasteiger partial charge in [0.2, 0.25) is 5.91 Å². The molecule has 0 bridgehead atoms. The maximum Gasteiger partial charge on any atom is 0.237 e. The molecule has 1 N–H and O–H groups in total. The minimum Gasteiger partial charge on any atom is -0.486 e. The van der Waals surface area contributed by atoms with Crippen molar-refractivity contribution in [1.82, 2.24) is 4.90 Å². The number of hydrogen-bond acceptors (Lipinski definition) is 5. The number of ether oxygens (including phenoxy) is 2. The number of rotatable bonds is 3. The summed E-state index contributed by atoms with van der Waals surface area (Å²) in [5, 5.41) is 10.8. The average molecular weight is 421 g/mol. The van der Waals surface area contributed by atoms with Gasteiger partial charge in [-0.05, 0) is 62.0 Å². The van der Waals surface area contributed by atoms with Crippen LogP contribution in [-0.4, -0.2) is 60.9 Å². The largest absolute Gasteiger partial charge is 0.486 e. The van der Waals surface area contributed by atoms with Crippen molar-refractivity contribution in [2.75, 3.05) is 37.7 Å². The maximum absolute atomic E-state index is 13.5. The summed E-state index contributed by atoms with van der Waals surface area (Å²) in [4.78, 5) is 17.8. The molecule has 162 valence electrons. The molecule has 0 aromatic heterocycles. The van der Waals surface area contributed by atoms with Gasteiger partial charge in [-0.1, -0.05) is 30.3 Å². The maximum atomic E-state index is 13.5. The van der Waals surface area contributed by atoms with Crippen molar-refractivity contribution in [3.05, 3.63) is 53.6 Å². The number of amides is 1. The highest BCUT2D eigenvalue weighted by molar-refractivity contribution is 6.09. The number of likely N-dealkylation sites (tertiary alicyclic amines) is 1. The molecule has 2 aromatic rings. The number of β-amino-alcohol motifs (C(OH)–C–C–N with tert-alkyl or cyclic N) is 1. The molecule has 2 unspecified atom stereocenters. The van der Waals surface area contributed by atoms with Crippen LogP contribution < -0.4 is 14.4 Å². The lowest BCUT2D eigenvalue weighted by Crippen LogP contribution is -2.52. The molecule has 0 saturated carbocycles. The number of aryl methyl sites for hydroxylation is 1. The summed E-state index contributed by atoms with van der Waals surface area (Å²) in [5.74, 6) is 1.70. The summed E-state index contributed by atoms with van der Waals surface area (Å²) >= 11 is 0. The molecule has 2 atom stereocenters. The first-order chi connectivity index (χ1) is 15.2. The number of para-hydroxylation sites is 3. The summed E-state index contributed by atoms with van der Waals surface area (Å²) in [6.07, 6.45) is 2.69. The highest BCUT2D eigenvalue weighted by Gasteiger charge is 2.53. The Morgan fingerprint density at radius 2 is 1.87 bits per heavy atom. The number of aliphatic hydroxyl groups excluding tert-OH is 1. The summed E-state index contributed by atoms with van der Waals surface area (Å²) in [7, 11) is 0. The number of hydrogen-bond donors (Lipinski definition) is 1. The van der Waals surface area contributed by atoms with Crippen LogP contribution in [0, 0.1) is 0 Å². The Bertz CT molecular complexity index is 1010. The Balaban J connectivity index is 1.14. The van der Waals surface area contributed by atoms with Crippen LogP contribution in [0.1, 0.15) is 30.4 Å². The zero-order valence-electron chi connectivity index (χ0n) is 17.6. The number of carbonyl (C=O) groups excluding carboxylic acids is 1. The molecule has 1 spiro atoms. The third-order valence-electron chi connectivity index (χ3n) is 7.50. The standard InChI is InChI=1S/C25H28N2O4/c28-19(22-16-30-20-8-1-2-9-21(20)31-22)15-26-13-10-25(11-14-26)18-7-3-5-17-6-4-12-27(23(17)18)24(25)29/h1-3,5,7-9,19,22,28H,4,6,10-16H2. The molecule has 2 aromatic carbocycles. The normalized spacial score (nSPS) is 24.9. The van der Waals surface area contributed by atoms with E-state index in [2.05, 4.69) is 23.1 Å². The molecule has 4 aliphatic rings. The average Bonchev–Trinajstić information content (AvgIpc) is 3.05. The fraction of sp³-hybridized carbons (Fsp3) is 0.480. The third kappa shape index (κ3) is 2.96. The number of nitrogens with zero attached hydrogens (tertiary/aromatic N) is 2. The zero-order valence-corrected chi connectivity index (χ0v) is 17.6. The predicted molar refractivity (Wildman–Crippen MR) is 117 cm³/mol. The summed E-state index contributed by atoms with van der Waals surface area (Å²) in [5.41, 5.74) is 3.36. The highest BCUT2D eigenvalue weighted by atomic mass is 16.6. The second-order valence-electron chi connectivity index (χ2n) is 9.24. The van der Waals surface area contributed by atoms with Crippen LogP contribution in [0.5, 0.6) is 11.5 Å². The van der Waals surface area contributed by atoms with Crippen molar-refractivity contribution in [3.8, 4) is 11.5 Å². The number of anilines is 1. The van der Waals surface area contributed by atoms with Crippen molar-refractivity contribution in [3.63, 3.8) is 0 Å². The van der Waals surface area contributed by atoms with Gasteiger partial charge in [0.15, 0.2) is 17.6 Å². The first-order valence-electron chi connectivity index (χ1n) is 11.4. The Labute approximate surface area is 182 Å². The second-order valence-corrected chi connectivity index (χ2v) is 9.24. The monoisotopic (exact) mass is 420 g/mol. The van der Waals surface area contributed by atoms with E-state index in [0.29, 0.717) is 18.9 Å². The fourth-order valence-electron chi connectivity index (χ4n) is 5.82. The Hall–Kier alpha value is -2.57. The summed E-state index contributed by atoms with van der Waals surface area (Å²) < 4.78 is 11.7. The molecule has 4 heterocycles. The topological polar surface area (TPSA) is 62.2 Å². The molecular formula is C25H28N2O4. The lowest BCUT2D eigenvalue weighted by Gasteiger charge is -2.40. The Morgan fingerprint density at radius 1 is 1.06 bits per heavy atom. The number of carbonyl (C=O) groups is 1. The zero-order chi connectivity index (χ0) is 21.0. The minimum atomic E-state index is -0.640. The molecule has 1 saturated heterocycles. The first-order valence-corrected chi connectivity index (χ1v) is 11.4. The van der Waals surface area contributed by atoms with Gasteiger partial charge in [-0.15, -0.1) is 0 Å². The van der Waals surface area contributed by atoms with Gasteiger partial charge in [-0.25, -0.2) is 0 Å². The molecule has 0 aliphatic carbocycles. The van der Waals surface area contributed by atoms with Crippen LogP contribution in [0.25, 0.3) is 0 Å². The van der Waals surface area contributed by atoms with Crippen LogP contribution in [0.3, 0.4) is 0 Å². The smallest absolute Gasteiger partial charge is 0.237 e. The van der Waals surface area contributed by atoms with Crippen molar-refractivity contribution in [2.45, 2.75) is 43.3 Å². The van der Waals surface area contributed by atoms with E-state index in [4.69, 9.17) is 9.47 Å². The molecule has 6 heteroatoms. The van der Waals surface area contributed by atoms with Crippen LogP contribution in [0.2, 0.25) is 0 Å². The van der Waals surface area contributed by atoms with Crippen LogP contribution in [0.15, 0.2) is 42.5 Å². The van der Waals surface area contributed by atoms with Crippen LogP contribution in [0.4, 0.5) is 5.69 Å². The highest BCUT2D eigenvalue weighted by Crippen LogP contribution is 2.50. The van der Waals surface area contributed by atoms with Crippen molar-refractivity contribution >= 4 is 11.6 Å². The van der Waals surface area contributed by atoms with E-state index in [1.807, 2.05) is 29.2 Å². The van der Waals surface area contributed by atoms with Crippen LogP contribution >= 0.6 is 0 Å². The van der Waals surface area contributed by atoms with Gasteiger partial charge in [-0.3, -0.25) is 4.79 Å². The van der Waals surface area contributed by atoms with Crippen molar-refractivity contribution in [2.24, 2.45) is 0 Å². The fourth-order valence-corrected chi connectivity index (χ4v) is 5.82. The Morgan fingerprint density at radius 3 is 2.71 bits per heavy atom. The van der Waals surface area contributed by atoms with E-state index in [9.17, 15) is 9.90 Å². The minimum absolute atomic E-state index is 0.287. The molecule has 1 amide bonds. The van der Waals surface area contributed by atoms with Gasteiger partial charge in [0, 0.05) is 13.1 Å². The van der Waals surface area contributed by atoms with Gasteiger partial charge in [-0.2, -0.15) is 0 Å². The number of fused-ring (bicyclic) bond motifs is 2. The van der Waals surface area contributed by atoms with Gasteiger partial charge < -0.3 is 24.4 Å².